The number of rotatable bonds is 3. The van der Waals surface area contributed by atoms with Crippen LogP contribution in [0, 0.1) is 5.41 Å². The standard InChI is InChI=1S/C8H13F3N2O2/c1-2-15-13-6(14)7(8(9,10)11)3-4-12-5-7/h12H,2-5H2,1H3,(H,13,14). The smallest absolute Gasteiger partial charge is 0.315 e. The Bertz CT molecular complexity index is 237. The van der Waals surface area contributed by atoms with Crippen molar-refractivity contribution < 1.29 is 22.8 Å². The Balaban J connectivity index is 2.78. The van der Waals surface area contributed by atoms with Crippen molar-refractivity contribution in [2.45, 2.75) is 19.5 Å². The Morgan fingerprint density at radius 3 is 2.67 bits per heavy atom. The summed E-state index contributed by atoms with van der Waals surface area (Å²) in [7, 11) is 0. The van der Waals surface area contributed by atoms with Gasteiger partial charge in [0.25, 0.3) is 5.91 Å². The minimum absolute atomic E-state index is 0.132. The summed E-state index contributed by atoms with van der Waals surface area (Å²) in [6.45, 7) is 1.50. The van der Waals surface area contributed by atoms with Gasteiger partial charge in [-0.3, -0.25) is 9.63 Å². The van der Waals surface area contributed by atoms with Gasteiger partial charge in [-0.15, -0.1) is 0 Å². The number of halogens is 3. The van der Waals surface area contributed by atoms with E-state index in [9.17, 15) is 18.0 Å². The molecule has 0 saturated carbocycles. The van der Waals surface area contributed by atoms with Gasteiger partial charge in [0.05, 0.1) is 6.61 Å². The fourth-order valence-electron chi connectivity index (χ4n) is 1.49. The summed E-state index contributed by atoms with van der Waals surface area (Å²) in [6, 6.07) is 0. The number of hydroxylamine groups is 1. The number of alkyl halides is 3. The second-order valence-electron chi connectivity index (χ2n) is 3.37. The van der Waals surface area contributed by atoms with Gasteiger partial charge in [0.1, 0.15) is 0 Å². The minimum atomic E-state index is -4.56. The number of nitrogens with one attached hydrogen (secondary N) is 2. The van der Waals surface area contributed by atoms with E-state index in [0.717, 1.165) is 0 Å². The summed E-state index contributed by atoms with van der Waals surface area (Å²) in [5.74, 6) is -1.12. The molecule has 0 aromatic heterocycles. The Morgan fingerprint density at radius 1 is 1.60 bits per heavy atom. The van der Waals surface area contributed by atoms with Crippen molar-refractivity contribution in [2.24, 2.45) is 5.41 Å². The Kier molecular flexibility index (Phi) is 3.56. The quantitative estimate of drug-likeness (QED) is 0.693. The zero-order valence-electron chi connectivity index (χ0n) is 8.28. The lowest BCUT2D eigenvalue weighted by Gasteiger charge is -2.28. The molecule has 7 heteroatoms. The van der Waals surface area contributed by atoms with Gasteiger partial charge in [-0.05, 0) is 19.9 Å². The lowest BCUT2D eigenvalue weighted by molar-refractivity contribution is -0.221. The molecular formula is C8H13F3N2O2. The number of carbonyl (C=O) groups is 1. The molecule has 1 unspecified atom stereocenters. The fraction of sp³-hybridized carbons (Fsp3) is 0.875. The molecule has 1 aliphatic rings. The molecule has 1 fully saturated rings. The van der Waals surface area contributed by atoms with E-state index < -0.39 is 24.0 Å². The van der Waals surface area contributed by atoms with Crippen LogP contribution in [0.3, 0.4) is 0 Å². The van der Waals surface area contributed by atoms with Crippen molar-refractivity contribution in [2.75, 3.05) is 19.7 Å². The highest BCUT2D eigenvalue weighted by molar-refractivity contribution is 5.83. The van der Waals surface area contributed by atoms with Crippen molar-refractivity contribution in [3.8, 4) is 0 Å². The third-order valence-electron chi connectivity index (χ3n) is 2.44. The number of amides is 1. The van der Waals surface area contributed by atoms with Gasteiger partial charge in [-0.25, -0.2) is 5.48 Å². The van der Waals surface area contributed by atoms with Crippen LogP contribution < -0.4 is 10.8 Å². The molecule has 0 aliphatic carbocycles. The summed E-state index contributed by atoms with van der Waals surface area (Å²) in [6.07, 6.45) is -4.81. The molecule has 0 aromatic rings. The first-order valence-electron chi connectivity index (χ1n) is 4.64. The number of carbonyl (C=O) groups excluding carboxylic acids is 1. The van der Waals surface area contributed by atoms with E-state index in [1.54, 1.807) is 6.92 Å². The van der Waals surface area contributed by atoms with Crippen molar-refractivity contribution >= 4 is 5.91 Å². The Hall–Kier alpha value is -0.820. The van der Waals surface area contributed by atoms with Crippen molar-refractivity contribution in [1.29, 1.82) is 0 Å². The maximum atomic E-state index is 12.7. The molecule has 0 bridgehead atoms. The van der Waals surface area contributed by atoms with Crippen LogP contribution in [0.5, 0.6) is 0 Å². The van der Waals surface area contributed by atoms with E-state index in [2.05, 4.69) is 10.2 Å². The summed E-state index contributed by atoms with van der Waals surface area (Å²) in [5.41, 5.74) is -0.522. The Labute approximate surface area is 85.1 Å². The monoisotopic (exact) mass is 226 g/mol. The average Bonchev–Trinajstić information content (AvgIpc) is 2.62. The second-order valence-corrected chi connectivity index (χ2v) is 3.37. The predicted octanol–water partition coefficient (Wildman–Crippen LogP) is 0.596. The molecule has 0 spiro atoms. The summed E-state index contributed by atoms with van der Waals surface area (Å²) in [4.78, 5) is 15.9. The maximum absolute atomic E-state index is 12.7. The molecule has 1 amide bonds. The highest BCUT2D eigenvalue weighted by atomic mass is 19.4. The Morgan fingerprint density at radius 2 is 2.27 bits per heavy atom. The molecule has 4 nitrogen and oxygen atoms in total. The second kappa shape index (κ2) is 4.36. The van der Waals surface area contributed by atoms with Crippen LogP contribution in [-0.2, 0) is 9.63 Å². The van der Waals surface area contributed by atoms with E-state index in [0.29, 0.717) is 0 Å². The van der Waals surface area contributed by atoms with E-state index in [1.165, 1.54) is 0 Å². The van der Waals surface area contributed by atoms with Gasteiger partial charge in [0.15, 0.2) is 5.41 Å². The molecule has 0 aromatic carbocycles. The van der Waals surface area contributed by atoms with Gasteiger partial charge < -0.3 is 5.32 Å². The van der Waals surface area contributed by atoms with Crippen molar-refractivity contribution in [3.05, 3.63) is 0 Å². The zero-order valence-corrected chi connectivity index (χ0v) is 8.28. The highest BCUT2D eigenvalue weighted by Crippen LogP contribution is 2.43. The largest absolute Gasteiger partial charge is 0.404 e. The molecule has 1 saturated heterocycles. The first-order valence-corrected chi connectivity index (χ1v) is 4.64. The third kappa shape index (κ3) is 2.23. The third-order valence-corrected chi connectivity index (χ3v) is 2.44. The SMILES string of the molecule is CCONC(=O)C1(C(F)(F)F)CCNC1. The minimum Gasteiger partial charge on any atom is -0.315 e. The van der Waals surface area contributed by atoms with E-state index in [-0.39, 0.29) is 19.6 Å². The molecule has 2 N–H and O–H groups in total. The normalized spacial score (nSPS) is 26.7. The molecule has 1 aliphatic heterocycles. The van der Waals surface area contributed by atoms with Gasteiger partial charge in [-0.2, -0.15) is 13.2 Å². The van der Waals surface area contributed by atoms with Gasteiger partial charge in [0.2, 0.25) is 0 Å². The van der Waals surface area contributed by atoms with E-state index in [1.807, 2.05) is 5.48 Å². The average molecular weight is 226 g/mol. The van der Waals surface area contributed by atoms with Gasteiger partial charge >= 0.3 is 6.18 Å². The first-order chi connectivity index (χ1) is 6.94. The summed E-state index contributed by atoms with van der Waals surface area (Å²) in [5, 5.41) is 2.54. The van der Waals surface area contributed by atoms with Crippen molar-refractivity contribution in [3.63, 3.8) is 0 Å². The molecule has 88 valence electrons. The molecule has 15 heavy (non-hydrogen) atoms. The van der Waals surface area contributed by atoms with Crippen LogP contribution in [-0.4, -0.2) is 31.8 Å². The molecule has 1 heterocycles. The van der Waals surface area contributed by atoms with Crippen molar-refractivity contribution in [1.82, 2.24) is 10.8 Å². The van der Waals surface area contributed by atoms with Crippen LogP contribution in [0.25, 0.3) is 0 Å². The van der Waals surface area contributed by atoms with Gasteiger partial charge in [0, 0.05) is 6.54 Å². The predicted molar refractivity (Wildman–Crippen MR) is 45.7 cm³/mol. The van der Waals surface area contributed by atoms with E-state index >= 15 is 0 Å². The number of hydrogen-bond acceptors (Lipinski definition) is 3. The van der Waals surface area contributed by atoms with Crippen LogP contribution in [0.15, 0.2) is 0 Å². The molecular weight excluding hydrogens is 213 g/mol. The maximum Gasteiger partial charge on any atom is 0.404 e. The van der Waals surface area contributed by atoms with Crippen LogP contribution in [0.4, 0.5) is 13.2 Å². The number of hydrogen-bond donors (Lipinski definition) is 2. The lowest BCUT2D eigenvalue weighted by Crippen LogP contribution is -2.52. The van der Waals surface area contributed by atoms with Crippen LogP contribution in [0.1, 0.15) is 13.3 Å². The lowest BCUT2D eigenvalue weighted by atomic mass is 9.85. The molecule has 0 radical (unpaired) electrons. The molecule has 1 atom stereocenters. The van der Waals surface area contributed by atoms with E-state index in [4.69, 9.17) is 0 Å². The molecule has 1 rings (SSSR count). The van der Waals surface area contributed by atoms with Crippen LogP contribution >= 0.6 is 0 Å². The van der Waals surface area contributed by atoms with Gasteiger partial charge in [-0.1, -0.05) is 0 Å². The topological polar surface area (TPSA) is 50.4 Å². The summed E-state index contributed by atoms with van der Waals surface area (Å²) < 4.78 is 38.2. The first kappa shape index (κ1) is 12.3. The fourth-order valence-corrected chi connectivity index (χ4v) is 1.49. The zero-order chi connectivity index (χ0) is 11.5. The van der Waals surface area contributed by atoms with Crippen LogP contribution in [0.2, 0.25) is 0 Å². The highest BCUT2D eigenvalue weighted by Gasteiger charge is 2.61. The summed E-state index contributed by atoms with van der Waals surface area (Å²) >= 11 is 0.